The van der Waals surface area contributed by atoms with Crippen LogP contribution in [0, 0.1) is 5.92 Å². The van der Waals surface area contributed by atoms with Gasteiger partial charge in [-0.2, -0.15) is 4.72 Å². The molecular weight excluding hydrogens is 258 g/mol. The summed E-state index contributed by atoms with van der Waals surface area (Å²) in [7, 11) is -2.27. The van der Waals surface area contributed by atoms with Crippen molar-refractivity contribution in [3.63, 3.8) is 0 Å². The van der Waals surface area contributed by atoms with E-state index in [2.05, 4.69) is 9.71 Å². The smallest absolute Gasteiger partial charge is 0.322 e. The number of nitrogens with one attached hydrogen (secondary N) is 1. The average Bonchev–Trinajstić information content (AvgIpc) is 2.72. The zero-order valence-corrected chi connectivity index (χ0v) is 11.3. The first kappa shape index (κ1) is 14.7. The van der Waals surface area contributed by atoms with Gasteiger partial charge in [-0.05, 0) is 5.92 Å². The summed E-state index contributed by atoms with van der Waals surface area (Å²) in [6.45, 7) is 3.48. The van der Waals surface area contributed by atoms with E-state index in [9.17, 15) is 13.2 Å². The molecule has 7 nitrogen and oxygen atoms in total. The predicted molar refractivity (Wildman–Crippen MR) is 64.4 cm³/mol. The molecule has 0 bridgehead atoms. The fourth-order valence-electron chi connectivity index (χ4n) is 1.40. The van der Waals surface area contributed by atoms with E-state index in [1.54, 1.807) is 20.9 Å². The third kappa shape index (κ3) is 3.30. The Hall–Kier alpha value is -1.41. The Morgan fingerprint density at radius 2 is 2.22 bits per heavy atom. The first-order valence-corrected chi connectivity index (χ1v) is 6.99. The lowest BCUT2D eigenvalue weighted by molar-refractivity contribution is -0.140. The van der Waals surface area contributed by atoms with E-state index in [4.69, 9.17) is 5.11 Å². The van der Waals surface area contributed by atoms with E-state index in [0.29, 0.717) is 6.42 Å². The van der Waals surface area contributed by atoms with Crippen molar-refractivity contribution in [2.45, 2.75) is 31.3 Å². The molecule has 102 valence electrons. The highest BCUT2D eigenvalue weighted by Gasteiger charge is 2.30. The van der Waals surface area contributed by atoms with Crippen molar-refractivity contribution in [1.29, 1.82) is 0 Å². The van der Waals surface area contributed by atoms with Gasteiger partial charge in [0.2, 0.25) is 0 Å². The molecule has 0 fully saturated rings. The van der Waals surface area contributed by atoms with Gasteiger partial charge in [0.25, 0.3) is 10.0 Å². The number of carbonyl (C=O) groups is 1. The monoisotopic (exact) mass is 275 g/mol. The van der Waals surface area contributed by atoms with Crippen LogP contribution in [0.25, 0.3) is 0 Å². The second-order valence-electron chi connectivity index (χ2n) is 4.20. The maximum absolute atomic E-state index is 11.9. The van der Waals surface area contributed by atoms with Crippen LogP contribution in [0.4, 0.5) is 0 Å². The molecule has 1 aromatic rings. The Labute approximate surface area is 106 Å². The fourth-order valence-corrected chi connectivity index (χ4v) is 2.68. The fraction of sp³-hybridized carbons (Fsp3) is 0.600. The van der Waals surface area contributed by atoms with Gasteiger partial charge in [0, 0.05) is 13.2 Å². The van der Waals surface area contributed by atoms with Gasteiger partial charge in [-0.3, -0.25) is 4.79 Å². The van der Waals surface area contributed by atoms with Crippen molar-refractivity contribution < 1.29 is 18.3 Å². The number of nitrogens with zero attached hydrogens (tertiary/aromatic N) is 2. The Bertz CT molecular complexity index is 523. The summed E-state index contributed by atoms with van der Waals surface area (Å²) >= 11 is 0. The number of carboxylic acids is 1. The Morgan fingerprint density at radius 3 is 2.61 bits per heavy atom. The Balaban J connectivity index is 2.96. The Morgan fingerprint density at radius 1 is 1.61 bits per heavy atom. The second kappa shape index (κ2) is 5.49. The largest absolute Gasteiger partial charge is 0.480 e. The molecular formula is C10H17N3O4S. The molecule has 2 unspecified atom stereocenters. The van der Waals surface area contributed by atoms with Gasteiger partial charge in [0.05, 0.1) is 6.33 Å². The number of aromatic nitrogens is 2. The molecule has 0 aromatic carbocycles. The minimum absolute atomic E-state index is 0.181. The van der Waals surface area contributed by atoms with Crippen LogP contribution >= 0.6 is 0 Å². The molecule has 1 heterocycles. The number of hydrogen-bond acceptors (Lipinski definition) is 4. The second-order valence-corrected chi connectivity index (χ2v) is 5.86. The minimum atomic E-state index is -3.90. The molecule has 0 aliphatic carbocycles. The van der Waals surface area contributed by atoms with Crippen LogP contribution in [0.5, 0.6) is 0 Å². The van der Waals surface area contributed by atoms with Gasteiger partial charge >= 0.3 is 5.97 Å². The summed E-state index contributed by atoms with van der Waals surface area (Å²) in [6, 6.07) is -1.15. The lowest BCUT2D eigenvalue weighted by Crippen LogP contribution is -2.45. The van der Waals surface area contributed by atoms with Crippen molar-refractivity contribution >= 4 is 16.0 Å². The maximum Gasteiger partial charge on any atom is 0.322 e. The topological polar surface area (TPSA) is 101 Å². The van der Waals surface area contributed by atoms with Crippen LogP contribution in [0.3, 0.4) is 0 Å². The first-order valence-electron chi connectivity index (χ1n) is 5.51. The molecule has 0 saturated carbocycles. The third-order valence-electron chi connectivity index (χ3n) is 2.72. The molecule has 0 amide bonds. The van der Waals surface area contributed by atoms with Gasteiger partial charge < -0.3 is 9.67 Å². The normalized spacial score (nSPS) is 15.3. The molecule has 0 saturated heterocycles. The molecule has 18 heavy (non-hydrogen) atoms. The summed E-state index contributed by atoms with van der Waals surface area (Å²) in [5.41, 5.74) is 0. The van der Waals surface area contributed by atoms with E-state index in [1.165, 1.54) is 17.1 Å². The van der Waals surface area contributed by atoms with E-state index < -0.39 is 22.0 Å². The number of rotatable bonds is 6. The van der Waals surface area contributed by atoms with Crippen molar-refractivity contribution in [2.24, 2.45) is 13.0 Å². The number of hydrogen-bond donors (Lipinski definition) is 2. The van der Waals surface area contributed by atoms with Gasteiger partial charge in [-0.25, -0.2) is 13.4 Å². The molecule has 0 radical (unpaired) electrons. The van der Waals surface area contributed by atoms with Gasteiger partial charge in [-0.15, -0.1) is 0 Å². The summed E-state index contributed by atoms with van der Waals surface area (Å²) in [5.74, 6) is -1.50. The van der Waals surface area contributed by atoms with Gasteiger partial charge in [-0.1, -0.05) is 20.3 Å². The number of aliphatic carboxylic acids is 1. The highest BCUT2D eigenvalue weighted by Crippen LogP contribution is 2.12. The van der Waals surface area contributed by atoms with Crippen molar-refractivity contribution in [3.8, 4) is 0 Å². The molecule has 1 rings (SSSR count). The van der Waals surface area contributed by atoms with E-state index >= 15 is 0 Å². The number of carboxylic acid groups (broad SMARTS) is 1. The molecule has 0 aliphatic rings. The summed E-state index contributed by atoms with van der Waals surface area (Å²) < 4.78 is 27.5. The SMILES string of the molecule is CCC(C)C(NS(=O)(=O)c1cn(C)cn1)C(=O)O. The lowest BCUT2D eigenvalue weighted by Gasteiger charge is -2.19. The van der Waals surface area contributed by atoms with E-state index in [-0.39, 0.29) is 10.9 Å². The first-order chi connectivity index (χ1) is 8.27. The van der Waals surface area contributed by atoms with Crippen molar-refractivity contribution in [1.82, 2.24) is 14.3 Å². The quantitative estimate of drug-likeness (QED) is 0.772. The summed E-state index contributed by atoms with van der Waals surface area (Å²) in [6.07, 6.45) is 3.22. The van der Waals surface area contributed by atoms with Crippen LogP contribution in [0.2, 0.25) is 0 Å². The van der Waals surface area contributed by atoms with Crippen LogP contribution < -0.4 is 4.72 Å². The zero-order chi connectivity index (χ0) is 13.9. The Kier molecular flexibility index (Phi) is 4.47. The van der Waals surface area contributed by atoms with E-state index in [0.717, 1.165) is 0 Å². The van der Waals surface area contributed by atoms with Crippen LogP contribution in [-0.4, -0.2) is 35.1 Å². The van der Waals surface area contributed by atoms with Crippen LogP contribution in [0.1, 0.15) is 20.3 Å². The summed E-state index contributed by atoms with van der Waals surface area (Å²) in [4.78, 5) is 14.8. The van der Waals surface area contributed by atoms with Crippen molar-refractivity contribution in [2.75, 3.05) is 0 Å². The van der Waals surface area contributed by atoms with Crippen molar-refractivity contribution in [3.05, 3.63) is 12.5 Å². The van der Waals surface area contributed by atoms with Gasteiger partial charge in [0.1, 0.15) is 6.04 Å². The molecule has 8 heteroatoms. The molecule has 2 atom stereocenters. The molecule has 0 aliphatic heterocycles. The third-order valence-corrected chi connectivity index (χ3v) is 4.04. The van der Waals surface area contributed by atoms with Gasteiger partial charge in [0.15, 0.2) is 5.03 Å². The maximum atomic E-state index is 11.9. The molecule has 0 spiro atoms. The average molecular weight is 275 g/mol. The zero-order valence-electron chi connectivity index (χ0n) is 10.5. The van der Waals surface area contributed by atoms with Crippen LogP contribution in [-0.2, 0) is 21.9 Å². The minimum Gasteiger partial charge on any atom is -0.480 e. The lowest BCUT2D eigenvalue weighted by atomic mass is 10.0. The number of imidazole rings is 1. The summed E-state index contributed by atoms with van der Waals surface area (Å²) in [5, 5.41) is 8.86. The number of sulfonamides is 1. The molecule has 2 N–H and O–H groups in total. The highest BCUT2D eigenvalue weighted by molar-refractivity contribution is 7.89. The van der Waals surface area contributed by atoms with Crippen LogP contribution in [0.15, 0.2) is 17.6 Å². The molecule has 1 aromatic heterocycles. The standard InChI is InChI=1S/C10H17N3O4S/c1-4-7(2)9(10(14)15)12-18(16,17)8-5-13(3)6-11-8/h5-7,9,12H,4H2,1-3H3,(H,14,15). The highest BCUT2D eigenvalue weighted by atomic mass is 32.2. The number of aryl methyl sites for hydroxylation is 1. The van der Waals surface area contributed by atoms with E-state index in [1.807, 2.05) is 0 Å². The predicted octanol–water partition coefficient (Wildman–Crippen LogP) is 0.198.